The van der Waals surface area contributed by atoms with Crippen LogP contribution in [0.1, 0.15) is 30.6 Å². The fourth-order valence-corrected chi connectivity index (χ4v) is 2.89. The van der Waals surface area contributed by atoms with Gasteiger partial charge < -0.3 is 25.0 Å². The van der Waals surface area contributed by atoms with Crippen LogP contribution in [0.3, 0.4) is 0 Å². The van der Waals surface area contributed by atoms with E-state index in [4.69, 9.17) is 9.47 Å². The Morgan fingerprint density at radius 2 is 1.73 bits per heavy atom. The highest BCUT2D eigenvalue weighted by Crippen LogP contribution is 2.18. The zero-order valence-electron chi connectivity index (χ0n) is 18.7. The minimum Gasteiger partial charge on any atom is -0.492 e. The number of nitrogens with zero attached hydrogens (tertiary/aromatic N) is 2. The van der Waals surface area contributed by atoms with Crippen molar-refractivity contribution in [1.82, 2.24) is 15.5 Å². The third-order valence-electron chi connectivity index (χ3n) is 4.69. The van der Waals surface area contributed by atoms with E-state index in [1.807, 2.05) is 50.5 Å². The molecule has 2 aromatic rings. The molecule has 1 unspecified atom stereocenters. The predicted molar refractivity (Wildman–Crippen MR) is 124 cm³/mol. The van der Waals surface area contributed by atoms with Crippen LogP contribution in [0.2, 0.25) is 0 Å². The van der Waals surface area contributed by atoms with Gasteiger partial charge in [0, 0.05) is 38.9 Å². The minimum atomic E-state index is 0.104. The first-order chi connectivity index (χ1) is 14.6. The standard InChI is InChI=1S/C24H36N4O2/c1-20(21-11-6-5-7-12-21)29-17-10-15-26-24(25-2)27-19-22-13-8-9-14-23(22)30-18-16-28(3)4/h5-9,11-14,20H,10,15-19H2,1-4H3,(H2,25,26,27). The van der Waals surface area contributed by atoms with E-state index in [1.54, 1.807) is 7.05 Å². The van der Waals surface area contributed by atoms with Crippen LogP contribution in [-0.4, -0.2) is 58.3 Å². The molecule has 1 atom stereocenters. The van der Waals surface area contributed by atoms with Gasteiger partial charge in [-0.15, -0.1) is 0 Å². The lowest BCUT2D eigenvalue weighted by Crippen LogP contribution is -2.37. The molecule has 2 rings (SSSR count). The molecule has 0 aliphatic heterocycles. The summed E-state index contributed by atoms with van der Waals surface area (Å²) in [5, 5.41) is 6.70. The monoisotopic (exact) mass is 412 g/mol. The fourth-order valence-electron chi connectivity index (χ4n) is 2.89. The molecule has 0 saturated heterocycles. The quantitative estimate of drug-likeness (QED) is 0.318. The van der Waals surface area contributed by atoms with Gasteiger partial charge in [-0.2, -0.15) is 0 Å². The van der Waals surface area contributed by atoms with Crippen LogP contribution in [0.15, 0.2) is 59.6 Å². The van der Waals surface area contributed by atoms with Crippen LogP contribution in [0.5, 0.6) is 5.75 Å². The molecular weight excluding hydrogens is 376 g/mol. The van der Waals surface area contributed by atoms with E-state index in [9.17, 15) is 0 Å². The molecule has 0 bridgehead atoms. The molecule has 2 aromatic carbocycles. The highest BCUT2D eigenvalue weighted by atomic mass is 16.5. The van der Waals surface area contributed by atoms with Crippen molar-refractivity contribution < 1.29 is 9.47 Å². The van der Waals surface area contributed by atoms with Crippen LogP contribution < -0.4 is 15.4 Å². The first-order valence-corrected chi connectivity index (χ1v) is 10.6. The predicted octanol–water partition coefficient (Wildman–Crippen LogP) is 3.46. The Labute approximate surface area is 181 Å². The van der Waals surface area contributed by atoms with Crippen molar-refractivity contribution in [3.63, 3.8) is 0 Å². The molecule has 0 amide bonds. The first kappa shape index (κ1) is 23.7. The molecule has 0 fully saturated rings. The van der Waals surface area contributed by atoms with Gasteiger partial charge in [0.2, 0.25) is 0 Å². The molecule has 164 valence electrons. The van der Waals surface area contributed by atoms with Gasteiger partial charge >= 0.3 is 0 Å². The Bertz CT molecular complexity index is 750. The van der Waals surface area contributed by atoms with Gasteiger partial charge in [0.1, 0.15) is 12.4 Å². The van der Waals surface area contributed by atoms with Gasteiger partial charge in [0.05, 0.1) is 6.10 Å². The zero-order chi connectivity index (χ0) is 21.6. The van der Waals surface area contributed by atoms with E-state index in [1.165, 1.54) is 5.56 Å². The second-order valence-corrected chi connectivity index (χ2v) is 7.39. The number of likely N-dealkylation sites (N-methyl/N-ethyl adjacent to an activating group) is 1. The average molecular weight is 413 g/mol. The van der Waals surface area contributed by atoms with Crippen LogP contribution in [0.25, 0.3) is 0 Å². The van der Waals surface area contributed by atoms with Crippen molar-refractivity contribution in [2.24, 2.45) is 4.99 Å². The van der Waals surface area contributed by atoms with Crippen molar-refractivity contribution in [3.8, 4) is 5.75 Å². The Balaban J connectivity index is 1.69. The Morgan fingerprint density at radius 1 is 1.00 bits per heavy atom. The fraction of sp³-hybridized carbons (Fsp3) is 0.458. The van der Waals surface area contributed by atoms with Crippen molar-refractivity contribution in [2.45, 2.75) is 26.0 Å². The third kappa shape index (κ3) is 8.84. The Morgan fingerprint density at radius 3 is 2.47 bits per heavy atom. The second kappa shape index (κ2) is 13.6. The average Bonchev–Trinajstić information content (AvgIpc) is 2.76. The molecule has 0 heterocycles. The lowest BCUT2D eigenvalue weighted by Gasteiger charge is -2.16. The third-order valence-corrected chi connectivity index (χ3v) is 4.69. The van der Waals surface area contributed by atoms with E-state index in [-0.39, 0.29) is 6.10 Å². The lowest BCUT2D eigenvalue weighted by molar-refractivity contribution is 0.0646. The Hall–Kier alpha value is -2.57. The van der Waals surface area contributed by atoms with Crippen molar-refractivity contribution in [2.75, 3.05) is 47.4 Å². The van der Waals surface area contributed by atoms with E-state index >= 15 is 0 Å². The number of aliphatic imine (C=N–C) groups is 1. The maximum absolute atomic E-state index is 5.93. The molecular formula is C24H36N4O2. The molecule has 0 aromatic heterocycles. The molecule has 6 heteroatoms. The summed E-state index contributed by atoms with van der Waals surface area (Å²) in [7, 11) is 5.86. The van der Waals surface area contributed by atoms with Gasteiger partial charge in [0.25, 0.3) is 0 Å². The maximum Gasteiger partial charge on any atom is 0.191 e. The molecule has 0 saturated carbocycles. The summed E-state index contributed by atoms with van der Waals surface area (Å²) >= 11 is 0. The highest BCUT2D eigenvalue weighted by molar-refractivity contribution is 5.79. The number of guanidine groups is 1. The maximum atomic E-state index is 5.93. The normalized spacial score (nSPS) is 12.6. The summed E-state index contributed by atoms with van der Waals surface area (Å²) in [5.74, 6) is 1.68. The summed E-state index contributed by atoms with van der Waals surface area (Å²) in [6, 6.07) is 18.4. The number of ether oxygens (including phenoxy) is 2. The smallest absolute Gasteiger partial charge is 0.191 e. The summed E-state index contributed by atoms with van der Waals surface area (Å²) in [6.07, 6.45) is 1.01. The molecule has 30 heavy (non-hydrogen) atoms. The summed E-state index contributed by atoms with van der Waals surface area (Å²) in [4.78, 5) is 6.41. The van der Waals surface area contributed by atoms with Gasteiger partial charge in [-0.1, -0.05) is 48.5 Å². The number of para-hydroxylation sites is 1. The molecule has 0 radical (unpaired) electrons. The number of hydrogen-bond donors (Lipinski definition) is 2. The molecule has 6 nitrogen and oxygen atoms in total. The first-order valence-electron chi connectivity index (χ1n) is 10.6. The SMILES string of the molecule is CN=C(NCCCOC(C)c1ccccc1)NCc1ccccc1OCCN(C)C. The molecule has 0 aliphatic carbocycles. The van der Waals surface area contributed by atoms with Gasteiger partial charge in [-0.3, -0.25) is 4.99 Å². The summed E-state index contributed by atoms with van der Waals surface area (Å²) in [5.41, 5.74) is 2.31. The van der Waals surface area contributed by atoms with E-state index in [0.29, 0.717) is 19.8 Å². The molecule has 0 spiro atoms. The van der Waals surface area contributed by atoms with Gasteiger partial charge in [0.15, 0.2) is 5.96 Å². The number of rotatable bonds is 12. The highest BCUT2D eigenvalue weighted by Gasteiger charge is 2.06. The summed E-state index contributed by atoms with van der Waals surface area (Å²) in [6.45, 7) is 5.78. The number of nitrogens with one attached hydrogen (secondary N) is 2. The van der Waals surface area contributed by atoms with Gasteiger partial charge in [-0.25, -0.2) is 0 Å². The molecule has 0 aliphatic rings. The Kier molecular flexibility index (Phi) is 10.8. The number of hydrogen-bond acceptors (Lipinski definition) is 4. The van der Waals surface area contributed by atoms with E-state index < -0.39 is 0 Å². The van der Waals surface area contributed by atoms with Crippen LogP contribution >= 0.6 is 0 Å². The van der Waals surface area contributed by atoms with Crippen LogP contribution in [0.4, 0.5) is 0 Å². The zero-order valence-corrected chi connectivity index (χ0v) is 18.7. The van der Waals surface area contributed by atoms with Crippen LogP contribution in [0, 0.1) is 0 Å². The number of benzene rings is 2. The molecule has 2 N–H and O–H groups in total. The van der Waals surface area contributed by atoms with E-state index in [0.717, 1.165) is 36.8 Å². The second-order valence-electron chi connectivity index (χ2n) is 7.39. The largest absolute Gasteiger partial charge is 0.492 e. The van der Waals surface area contributed by atoms with Crippen molar-refractivity contribution >= 4 is 5.96 Å². The summed E-state index contributed by atoms with van der Waals surface area (Å²) < 4.78 is 11.8. The lowest BCUT2D eigenvalue weighted by atomic mass is 10.1. The minimum absolute atomic E-state index is 0.104. The topological polar surface area (TPSA) is 58.1 Å². The van der Waals surface area contributed by atoms with E-state index in [2.05, 4.69) is 45.6 Å². The van der Waals surface area contributed by atoms with Crippen molar-refractivity contribution in [3.05, 3.63) is 65.7 Å². The van der Waals surface area contributed by atoms with Gasteiger partial charge in [-0.05, 0) is 39.1 Å². The van der Waals surface area contributed by atoms with Crippen LogP contribution in [-0.2, 0) is 11.3 Å². The van der Waals surface area contributed by atoms with Crippen molar-refractivity contribution in [1.29, 1.82) is 0 Å².